The van der Waals surface area contributed by atoms with Crippen molar-refractivity contribution in [3.8, 4) is 0 Å². The number of halogens is 3. The van der Waals surface area contributed by atoms with Crippen LogP contribution in [0.2, 0.25) is 0 Å². The van der Waals surface area contributed by atoms with E-state index in [1.165, 1.54) is 33.4 Å². The fraction of sp³-hybridized carbons (Fsp3) is 0.387. The normalized spacial score (nSPS) is 11.1. The summed E-state index contributed by atoms with van der Waals surface area (Å²) in [6.45, 7) is 17.2. The number of aromatic nitrogens is 1. The van der Waals surface area contributed by atoms with Gasteiger partial charge >= 0.3 is 40.8 Å². The quantitative estimate of drug-likeness (QED) is 0.285. The van der Waals surface area contributed by atoms with Crippen LogP contribution in [-0.4, -0.2) is 16.4 Å². The Morgan fingerprint density at radius 1 is 0.605 bits per heavy atom. The molecule has 0 aliphatic heterocycles. The topological polar surface area (TPSA) is 37.6 Å². The first kappa shape index (κ1) is 39.3. The molecule has 0 unspecified atom stereocenters. The van der Waals surface area contributed by atoms with E-state index in [0.717, 1.165) is 59.9 Å². The average Bonchev–Trinajstić information content (AvgIpc) is 2.85. The van der Waals surface area contributed by atoms with E-state index in [1.54, 1.807) is 0 Å². The molecule has 0 aliphatic rings. The molecular weight excluding hydrogens is 665 g/mol. The summed E-state index contributed by atoms with van der Waals surface area (Å²) in [5.41, 5.74) is 13.6. The minimum Gasteiger partial charge on any atom is -1.00 e. The molecule has 0 fully saturated rings. The second-order valence-corrected chi connectivity index (χ2v) is 9.08. The first-order chi connectivity index (χ1) is 16.3. The number of aryl methyl sites for hydroxylation is 6. The van der Waals surface area contributed by atoms with Gasteiger partial charge in [-0.2, -0.15) is 0 Å². The molecule has 203 valence electrons. The number of hydrogen-bond acceptors (Lipinski definition) is 3. The van der Waals surface area contributed by atoms with Crippen molar-refractivity contribution in [2.75, 3.05) is 0 Å². The molecule has 0 spiro atoms. The summed E-state index contributed by atoms with van der Waals surface area (Å²) in [6.07, 6.45) is 3.87. The number of hydrogen-bond donors (Lipinski definition) is 0. The molecule has 0 saturated carbocycles. The zero-order valence-electron chi connectivity index (χ0n) is 23.8. The minimum atomic E-state index is 0. The number of pyridine rings is 1. The molecule has 38 heavy (non-hydrogen) atoms. The Bertz CT molecular complexity index is 1110. The molecule has 3 nitrogen and oxygen atoms in total. The van der Waals surface area contributed by atoms with E-state index < -0.39 is 0 Å². The van der Waals surface area contributed by atoms with E-state index >= 15 is 0 Å². The van der Waals surface area contributed by atoms with Crippen LogP contribution < -0.4 is 37.2 Å². The van der Waals surface area contributed by atoms with Crippen molar-refractivity contribution in [3.05, 3.63) is 87.2 Å². The first-order valence-corrected chi connectivity index (χ1v) is 12.6. The molecule has 0 N–H and O–H groups in total. The molecule has 3 aromatic rings. The van der Waals surface area contributed by atoms with Gasteiger partial charge in [0.05, 0.1) is 34.2 Å². The molecule has 0 saturated heterocycles. The molecule has 0 bridgehead atoms. The Morgan fingerprint density at radius 2 is 0.895 bits per heavy atom. The van der Waals surface area contributed by atoms with Gasteiger partial charge in [-0.05, 0) is 87.8 Å². The third kappa shape index (κ3) is 9.66. The third-order valence-electron chi connectivity index (χ3n) is 6.40. The minimum absolute atomic E-state index is 0. The molecule has 0 amide bonds. The van der Waals surface area contributed by atoms with Crippen molar-refractivity contribution < 1.29 is 78.1 Å². The van der Waals surface area contributed by atoms with Crippen molar-refractivity contribution in [2.24, 2.45) is 9.98 Å². The third-order valence-corrected chi connectivity index (χ3v) is 6.40. The van der Waals surface area contributed by atoms with Crippen LogP contribution in [0.1, 0.15) is 86.3 Å². The van der Waals surface area contributed by atoms with Crippen LogP contribution in [0.25, 0.3) is 0 Å². The Hall–Kier alpha value is -0.849. The summed E-state index contributed by atoms with van der Waals surface area (Å²) >= 11 is 0. The van der Waals surface area contributed by atoms with E-state index in [0.29, 0.717) is 0 Å². The molecule has 1 aromatic heterocycles. The summed E-state index contributed by atoms with van der Waals surface area (Å²) < 4.78 is 0. The molecule has 2 aromatic carbocycles. The van der Waals surface area contributed by atoms with Gasteiger partial charge in [-0.1, -0.05) is 69.2 Å². The van der Waals surface area contributed by atoms with Crippen molar-refractivity contribution in [1.29, 1.82) is 0 Å². The van der Waals surface area contributed by atoms with E-state index in [9.17, 15) is 0 Å². The Labute approximate surface area is 281 Å². The van der Waals surface area contributed by atoms with Crippen LogP contribution in [-0.2, 0) is 25.7 Å². The van der Waals surface area contributed by atoms with Crippen LogP contribution in [0, 0.1) is 54.7 Å². The summed E-state index contributed by atoms with van der Waals surface area (Å²) in [7, 11) is 0. The maximum absolute atomic E-state index is 5.08. The first-order valence-electron chi connectivity index (χ1n) is 12.6. The molecule has 3 rings (SSSR count). The summed E-state index contributed by atoms with van der Waals surface area (Å²) in [5.74, 6) is 0. The van der Waals surface area contributed by atoms with Crippen LogP contribution in [0.3, 0.4) is 0 Å². The molecule has 1 radical (unpaired) electrons. The zero-order valence-corrected chi connectivity index (χ0v) is 29.3. The number of aliphatic imine (C=N–C) groups is 2. The van der Waals surface area contributed by atoms with Gasteiger partial charge in [0, 0.05) is 0 Å². The van der Waals surface area contributed by atoms with Crippen LogP contribution in [0.4, 0.5) is 11.4 Å². The second kappa shape index (κ2) is 18.5. The van der Waals surface area contributed by atoms with Crippen molar-refractivity contribution in [1.82, 2.24) is 4.98 Å². The molecule has 7 heteroatoms. The fourth-order valence-corrected chi connectivity index (χ4v) is 4.52. The average molecular weight is 704 g/mol. The number of benzene rings is 2. The van der Waals surface area contributed by atoms with E-state index in [1.807, 2.05) is 12.1 Å². The van der Waals surface area contributed by atoms with Gasteiger partial charge in [0.25, 0.3) is 0 Å². The molecule has 0 atom stereocenters. The number of nitrogens with zero attached hydrogens (tertiary/aromatic N) is 3. The maximum Gasteiger partial charge on any atom is 3.00 e. The van der Waals surface area contributed by atoms with E-state index in [-0.39, 0.29) is 78.1 Å². The Morgan fingerprint density at radius 3 is 1.16 bits per heavy atom. The van der Waals surface area contributed by atoms with Crippen LogP contribution in [0.5, 0.6) is 0 Å². The maximum atomic E-state index is 5.08. The summed E-state index contributed by atoms with van der Waals surface area (Å²) in [4.78, 5) is 15.1. The van der Waals surface area contributed by atoms with E-state index in [2.05, 4.69) is 85.7 Å². The van der Waals surface area contributed by atoms with Crippen molar-refractivity contribution >= 4 is 22.8 Å². The van der Waals surface area contributed by atoms with Gasteiger partial charge in [-0.25, -0.2) is 4.98 Å². The van der Waals surface area contributed by atoms with Crippen molar-refractivity contribution in [3.63, 3.8) is 0 Å². The number of rotatable bonds is 8. The predicted octanol–water partition coefficient (Wildman–Crippen LogP) is -0.759. The largest absolute Gasteiger partial charge is 3.00 e. The summed E-state index contributed by atoms with van der Waals surface area (Å²) in [5, 5.41) is 0. The van der Waals surface area contributed by atoms with Gasteiger partial charge in [0.2, 0.25) is 0 Å². The van der Waals surface area contributed by atoms with Gasteiger partial charge < -0.3 is 37.2 Å². The molecular formula is C31H39Cl3N3Nd. The van der Waals surface area contributed by atoms with Gasteiger partial charge in [-0.3, -0.25) is 9.98 Å². The molecule has 1 heterocycles. The second-order valence-electron chi connectivity index (χ2n) is 9.08. The Kier molecular flexibility index (Phi) is 19.1. The van der Waals surface area contributed by atoms with E-state index in [4.69, 9.17) is 15.0 Å². The SMILES string of the molecule is CCc1cc(C)cc(CC)c1N=C(C)c1cccc(C(C)=Nc2c(CC)cc(C)cc2CC)n1.[Cl-].[Cl-].[Cl-].[Nd+3]. The monoisotopic (exact) mass is 700 g/mol. The van der Waals surface area contributed by atoms with Crippen LogP contribution in [0.15, 0.2) is 52.4 Å². The van der Waals surface area contributed by atoms with Gasteiger partial charge in [0.1, 0.15) is 0 Å². The van der Waals surface area contributed by atoms with Crippen molar-refractivity contribution in [2.45, 2.75) is 81.1 Å². The zero-order chi connectivity index (χ0) is 24.8. The predicted molar refractivity (Wildman–Crippen MR) is 148 cm³/mol. The van der Waals surface area contributed by atoms with Gasteiger partial charge in [-0.15, -0.1) is 0 Å². The molecule has 0 aliphatic carbocycles. The van der Waals surface area contributed by atoms with Gasteiger partial charge in [0.15, 0.2) is 0 Å². The Balaban J connectivity index is 0. The standard InChI is InChI=1S/C31H39N3.3ClH.Nd/c1-9-24-16-20(5)17-25(10-2)30(24)32-22(7)28-14-13-15-29(34-28)23(8)33-31-26(11-3)18-21(6)19-27(31)12-4;;;;/h13-19H,9-12H2,1-8H3;3*1H;/q;;;;+3/p-3. The summed E-state index contributed by atoms with van der Waals surface area (Å²) in [6, 6.07) is 15.2. The fourth-order valence-electron chi connectivity index (χ4n) is 4.52. The smallest absolute Gasteiger partial charge is 1.00 e. The van der Waals surface area contributed by atoms with Crippen LogP contribution >= 0.6 is 0 Å².